The highest BCUT2D eigenvalue weighted by Crippen LogP contribution is 2.42. The first-order valence-electron chi connectivity index (χ1n) is 28.7. The largest absolute Gasteiger partial charge is 0.379 e. The molecule has 2 fully saturated rings. The molecular weight excluding hydrogens is 973 g/mol. The zero-order valence-electron chi connectivity index (χ0n) is 48.0. The summed E-state index contributed by atoms with van der Waals surface area (Å²) in [4.78, 5) is 81.3. The highest BCUT2D eigenvalue weighted by molar-refractivity contribution is 5.93. The van der Waals surface area contributed by atoms with Crippen LogP contribution in [0.5, 0.6) is 0 Å². The molecule has 0 aliphatic heterocycles. The average Bonchev–Trinajstić information content (AvgIpc) is 3.33. The highest BCUT2D eigenvalue weighted by Gasteiger charge is 2.42. The minimum absolute atomic E-state index is 0.00934. The quantitative estimate of drug-likeness (QED) is 0.0246. The number of hydrogen-bond donors (Lipinski definition) is 13. The number of nitrogens with one attached hydrogen (secondary N) is 7. The van der Waals surface area contributed by atoms with Gasteiger partial charge >= 0.3 is 0 Å². The summed E-state index contributed by atoms with van der Waals surface area (Å²) >= 11 is 0. The van der Waals surface area contributed by atoms with E-state index in [0.717, 1.165) is 88.6 Å². The van der Waals surface area contributed by atoms with Crippen LogP contribution in [0, 0.1) is 47.3 Å². The minimum atomic E-state index is -1.53. The van der Waals surface area contributed by atoms with Crippen LogP contribution in [0.3, 0.4) is 0 Å². The molecule has 0 radical (unpaired) electrons. The van der Waals surface area contributed by atoms with Gasteiger partial charge in [-0.1, -0.05) is 60.1 Å². The number of aliphatic hydroxyl groups is 4. The van der Waals surface area contributed by atoms with Crippen molar-refractivity contribution in [2.24, 2.45) is 58.8 Å². The molecule has 0 aromatic carbocycles. The first-order valence-corrected chi connectivity index (χ1v) is 28.7. The monoisotopic (exact) mass is 1080 g/mol. The van der Waals surface area contributed by atoms with Crippen LogP contribution < -0.4 is 48.7 Å². The van der Waals surface area contributed by atoms with Crippen molar-refractivity contribution in [3.05, 3.63) is 12.2 Å². The average molecular weight is 1080 g/mol. The molecule has 3 aliphatic rings. The Kier molecular flexibility index (Phi) is 29.0. The zero-order chi connectivity index (χ0) is 56.9. The van der Waals surface area contributed by atoms with Gasteiger partial charge in [-0.15, -0.1) is 0 Å². The molecule has 15 N–H and O–H groups in total. The maximum Gasteiger partial charge on any atom is 0.245 e. The van der Waals surface area contributed by atoms with Gasteiger partial charge in [0.1, 0.15) is 36.7 Å². The van der Waals surface area contributed by atoms with E-state index in [1.807, 2.05) is 41.5 Å². The van der Waals surface area contributed by atoms with Crippen molar-refractivity contribution in [3.8, 4) is 0 Å². The first-order chi connectivity index (χ1) is 35.7. The number of primary amides is 1. The van der Waals surface area contributed by atoms with Crippen LogP contribution in [-0.2, 0) is 28.8 Å². The van der Waals surface area contributed by atoms with Crippen molar-refractivity contribution in [2.75, 3.05) is 26.7 Å². The zero-order valence-corrected chi connectivity index (χ0v) is 48.0. The highest BCUT2D eigenvalue weighted by atomic mass is 16.3. The second-order valence-corrected chi connectivity index (χ2v) is 24.3. The summed E-state index contributed by atoms with van der Waals surface area (Å²) in [5.74, 6) is -1.80. The lowest BCUT2D eigenvalue weighted by atomic mass is 9.68. The van der Waals surface area contributed by atoms with Gasteiger partial charge in [0.25, 0.3) is 0 Å². The third-order valence-corrected chi connectivity index (χ3v) is 16.1. The lowest BCUT2D eigenvalue weighted by Crippen LogP contribution is -2.67. The maximum absolute atomic E-state index is 15.0. The molecule has 76 heavy (non-hydrogen) atoms. The Labute approximate surface area is 455 Å². The summed E-state index contributed by atoms with van der Waals surface area (Å²) in [7, 11) is 1.43. The van der Waals surface area contributed by atoms with E-state index in [1.54, 1.807) is 6.92 Å². The molecule has 0 aromatic heterocycles. The lowest BCUT2D eigenvalue weighted by molar-refractivity contribution is -0.139. The Morgan fingerprint density at radius 1 is 0.737 bits per heavy atom. The second kappa shape index (κ2) is 33.1. The molecule has 14 atom stereocenters. The number of carbonyl (C=O) groups excluding carboxylic acids is 6. The molecule has 438 valence electrons. The molecule has 0 saturated heterocycles. The van der Waals surface area contributed by atoms with Gasteiger partial charge in [-0.05, 0) is 171 Å². The van der Waals surface area contributed by atoms with E-state index in [2.05, 4.69) is 49.4 Å². The number of aliphatic hydroxyl groups excluding tert-OH is 4. The van der Waals surface area contributed by atoms with Crippen LogP contribution in [-0.4, -0.2) is 148 Å². The molecule has 0 spiro atoms. The van der Waals surface area contributed by atoms with Crippen molar-refractivity contribution in [3.63, 3.8) is 0 Å². The predicted octanol–water partition coefficient (Wildman–Crippen LogP) is 2.36. The fourth-order valence-electron chi connectivity index (χ4n) is 12.1. The predicted molar refractivity (Wildman–Crippen MR) is 295 cm³/mol. The number of amides is 5. The van der Waals surface area contributed by atoms with E-state index in [-0.39, 0.29) is 79.4 Å². The number of nitrogens with zero attached hydrogens (tertiary/aromatic N) is 1. The van der Waals surface area contributed by atoms with E-state index in [1.165, 1.54) is 20.9 Å². The van der Waals surface area contributed by atoms with Crippen molar-refractivity contribution in [1.82, 2.24) is 42.1 Å². The van der Waals surface area contributed by atoms with Crippen LogP contribution in [0.1, 0.15) is 171 Å². The number of carbonyl (C=O) groups is 6. The van der Waals surface area contributed by atoms with Crippen molar-refractivity contribution >= 4 is 35.3 Å². The van der Waals surface area contributed by atoms with Gasteiger partial charge in [-0.25, -0.2) is 0 Å². The van der Waals surface area contributed by atoms with Crippen molar-refractivity contribution in [1.29, 1.82) is 0 Å². The number of fused-ring (bicyclic) bond motifs is 1. The molecule has 2 saturated carbocycles. The fraction of sp³-hybridized carbons (Fsp3) is 0.857. The molecule has 5 unspecified atom stereocenters. The number of nitrogens with two attached hydrogens (primary N) is 2. The SMILES string of the molecule is CCNCCCC(C)C[C@H](NC(=O)[C@H](CC(C)=O)N[C@H](O)[C@H](CC(C)C)N[C@@H](O)[C@](C)(CC(C)C)NC(=O)[C@H](CC1CCC2CC=CCC2C1)NC(O)[C@H](CC1CCC([C@H](N)O)CC1)NC(C)=O)C(=O)N(C)CC(N)=O. The number of allylic oxidation sites excluding steroid dienone is 2. The molecule has 5 amide bonds. The molecule has 0 bridgehead atoms. The minimum Gasteiger partial charge on any atom is -0.379 e. The van der Waals surface area contributed by atoms with Gasteiger partial charge < -0.3 is 58.1 Å². The lowest BCUT2D eigenvalue weighted by Gasteiger charge is -2.42. The third-order valence-electron chi connectivity index (χ3n) is 16.1. The van der Waals surface area contributed by atoms with Gasteiger partial charge in [0, 0.05) is 26.4 Å². The topological polar surface area (TPSA) is 323 Å². The number of hydrogen-bond acceptors (Lipinski definition) is 15. The van der Waals surface area contributed by atoms with Gasteiger partial charge in [0.05, 0.1) is 30.2 Å². The van der Waals surface area contributed by atoms with Crippen LogP contribution >= 0.6 is 0 Å². The molecule has 20 heteroatoms. The first kappa shape index (κ1) is 66.7. The summed E-state index contributed by atoms with van der Waals surface area (Å²) in [6, 6.07) is -4.96. The third kappa shape index (κ3) is 23.4. The number of Topliss-reactive ketones (excluding diaryl/α,β-unsaturated/α-hetero) is 1. The molecule has 3 aliphatic carbocycles. The Hall–Kier alpha value is -3.60. The van der Waals surface area contributed by atoms with Crippen molar-refractivity contribution in [2.45, 2.75) is 232 Å². The number of likely N-dealkylation sites (N-methyl/N-ethyl adjacent to an activating group) is 1. The van der Waals surface area contributed by atoms with Gasteiger partial charge in [0.15, 0.2) is 0 Å². The summed E-state index contributed by atoms with van der Waals surface area (Å²) in [6.07, 6.45) is 10.1. The number of rotatable bonds is 35. The summed E-state index contributed by atoms with van der Waals surface area (Å²) in [5.41, 5.74) is 9.86. The maximum atomic E-state index is 15.0. The smallest absolute Gasteiger partial charge is 0.245 e. The van der Waals surface area contributed by atoms with Gasteiger partial charge in [0.2, 0.25) is 29.5 Å². The molecule has 0 heterocycles. The van der Waals surface area contributed by atoms with E-state index >= 15 is 4.79 Å². The second-order valence-electron chi connectivity index (χ2n) is 24.3. The molecule has 20 nitrogen and oxygen atoms in total. The van der Waals surface area contributed by atoms with Crippen LogP contribution in [0.2, 0.25) is 0 Å². The summed E-state index contributed by atoms with van der Waals surface area (Å²) in [5, 5.41) is 68.0. The van der Waals surface area contributed by atoms with E-state index in [9.17, 15) is 44.4 Å². The Bertz CT molecular complexity index is 1830. The van der Waals surface area contributed by atoms with Gasteiger partial charge in [-0.2, -0.15) is 0 Å². The standard InChI is InChI=1S/C56H104N10O10/c1-11-59-24-14-15-35(6)26-47(54(75)66(10)32-48(57)69)63-51(72)44(27-36(7)67)61-50(71)43(25-33(2)3)64-55(76)56(9,31-34(4)5)65-53(74)46(30-39-20-21-40-16-12-13-17-42(40)28-39)62-52(73)45(60-37(8)68)29-38-18-22-41(23-19-38)49(58)70/h12-13,33-35,38-47,49-50,52,55,59,61-62,64,70-71,73,76H,11,14-32,58H2,1-10H3,(H2,57,69)(H,60,68)(H,63,72)(H,65,74)/t35?,38?,39?,40?,41?,42?,43-,44-,45-,46-,47-,49+,50+,52?,55-,56-/m0/s1. The number of ketones is 1. The van der Waals surface area contributed by atoms with E-state index in [0.29, 0.717) is 24.7 Å². The fourth-order valence-corrected chi connectivity index (χ4v) is 12.1. The Morgan fingerprint density at radius 2 is 1.36 bits per heavy atom. The summed E-state index contributed by atoms with van der Waals surface area (Å²) < 4.78 is 0. The van der Waals surface area contributed by atoms with Crippen LogP contribution in [0.25, 0.3) is 0 Å². The summed E-state index contributed by atoms with van der Waals surface area (Å²) in [6.45, 7) is 17.5. The van der Waals surface area contributed by atoms with Gasteiger partial charge in [-0.3, -0.25) is 44.7 Å². The Balaban J connectivity index is 1.92. The molecule has 0 aromatic rings. The Morgan fingerprint density at radius 3 is 1.93 bits per heavy atom. The van der Waals surface area contributed by atoms with Crippen LogP contribution in [0.4, 0.5) is 0 Å². The normalized spacial score (nSPS) is 24.6. The molecule has 3 rings (SSSR count). The van der Waals surface area contributed by atoms with E-state index < -0.39 is 84.3 Å². The van der Waals surface area contributed by atoms with E-state index in [4.69, 9.17) is 11.5 Å². The van der Waals surface area contributed by atoms with Crippen LogP contribution in [0.15, 0.2) is 12.2 Å². The van der Waals surface area contributed by atoms with Crippen molar-refractivity contribution < 1.29 is 49.2 Å². The molecular formula is C56H104N10O10.